The van der Waals surface area contributed by atoms with E-state index in [9.17, 15) is 0 Å². The molecule has 0 bridgehead atoms. The number of hydrogen-bond donors (Lipinski definition) is 0. The Morgan fingerprint density at radius 2 is 2.17 bits per heavy atom. The number of halogens is 2. The Bertz CT molecular complexity index is 421. The zero-order valence-electron chi connectivity index (χ0n) is 10.7. The monoisotopic (exact) mass is 372 g/mol. The van der Waals surface area contributed by atoms with Gasteiger partial charge in [-0.2, -0.15) is 0 Å². The maximum absolute atomic E-state index is 5.62. The van der Waals surface area contributed by atoms with Crippen LogP contribution in [0, 0.1) is 12.3 Å². The molecule has 1 atom stereocenters. The van der Waals surface area contributed by atoms with Crippen molar-refractivity contribution in [1.29, 1.82) is 0 Å². The van der Waals surface area contributed by atoms with Crippen LogP contribution in [0.25, 0.3) is 0 Å². The van der Waals surface area contributed by atoms with Crippen LogP contribution in [0.3, 0.4) is 0 Å². The standard InChI is InChI=1S/C15H18Br2O/c1-4-15(2,3)18-10-6-9-14(17)12-7-5-8-13(16)11-12/h1,5,7-8,11,14H,6,9-10H2,2-3H3. The van der Waals surface area contributed by atoms with Crippen LogP contribution in [0.1, 0.15) is 37.1 Å². The molecule has 0 spiro atoms. The van der Waals surface area contributed by atoms with Crippen LogP contribution >= 0.6 is 31.9 Å². The summed E-state index contributed by atoms with van der Waals surface area (Å²) in [5.41, 5.74) is 0.818. The van der Waals surface area contributed by atoms with E-state index >= 15 is 0 Å². The lowest BCUT2D eigenvalue weighted by molar-refractivity contribution is 0.0251. The minimum absolute atomic E-state index is 0.354. The third-order valence-electron chi connectivity index (χ3n) is 2.62. The van der Waals surface area contributed by atoms with Crippen molar-refractivity contribution < 1.29 is 4.74 Å². The van der Waals surface area contributed by atoms with Crippen LogP contribution in [-0.2, 0) is 4.74 Å². The van der Waals surface area contributed by atoms with Gasteiger partial charge in [0.05, 0.1) is 0 Å². The van der Waals surface area contributed by atoms with Gasteiger partial charge in [0, 0.05) is 15.9 Å². The molecule has 3 heteroatoms. The molecular weight excluding hydrogens is 356 g/mol. The molecule has 18 heavy (non-hydrogen) atoms. The van der Waals surface area contributed by atoms with Crippen LogP contribution in [0.15, 0.2) is 28.7 Å². The number of alkyl halides is 1. The molecule has 0 aromatic heterocycles. The normalized spacial score (nSPS) is 13.1. The van der Waals surface area contributed by atoms with E-state index in [0.717, 1.165) is 17.3 Å². The molecule has 0 radical (unpaired) electrons. The van der Waals surface area contributed by atoms with Gasteiger partial charge in [-0.1, -0.05) is 49.9 Å². The Kier molecular flexibility index (Phi) is 6.42. The Hall–Kier alpha value is -0.300. The summed E-state index contributed by atoms with van der Waals surface area (Å²) < 4.78 is 6.73. The zero-order chi connectivity index (χ0) is 13.6. The fourth-order valence-electron chi connectivity index (χ4n) is 1.50. The van der Waals surface area contributed by atoms with E-state index in [4.69, 9.17) is 11.2 Å². The fourth-order valence-corrected chi connectivity index (χ4v) is 2.53. The lowest BCUT2D eigenvalue weighted by Gasteiger charge is -2.19. The van der Waals surface area contributed by atoms with Crippen LogP contribution < -0.4 is 0 Å². The van der Waals surface area contributed by atoms with Crippen molar-refractivity contribution in [3.63, 3.8) is 0 Å². The van der Waals surface area contributed by atoms with E-state index in [1.54, 1.807) is 0 Å². The summed E-state index contributed by atoms with van der Waals surface area (Å²) in [6, 6.07) is 8.33. The SMILES string of the molecule is C#CC(C)(C)OCCCC(Br)c1cccc(Br)c1. The van der Waals surface area contributed by atoms with Gasteiger partial charge in [0.2, 0.25) is 0 Å². The average molecular weight is 374 g/mol. The topological polar surface area (TPSA) is 9.23 Å². The van der Waals surface area contributed by atoms with Crippen molar-refractivity contribution in [2.45, 2.75) is 37.1 Å². The molecule has 0 amide bonds. The van der Waals surface area contributed by atoms with Crippen LogP contribution in [0.2, 0.25) is 0 Å². The van der Waals surface area contributed by atoms with Crippen molar-refractivity contribution in [2.75, 3.05) is 6.61 Å². The molecule has 0 aliphatic rings. The predicted molar refractivity (Wildman–Crippen MR) is 83.9 cm³/mol. The third kappa shape index (κ3) is 5.56. The zero-order valence-corrected chi connectivity index (χ0v) is 13.9. The molecule has 0 aliphatic heterocycles. The van der Waals surface area contributed by atoms with E-state index in [1.807, 2.05) is 26.0 Å². The molecule has 1 aromatic rings. The summed E-state index contributed by atoms with van der Waals surface area (Å²) in [7, 11) is 0. The smallest absolute Gasteiger partial charge is 0.122 e. The van der Waals surface area contributed by atoms with Crippen molar-refractivity contribution in [3.8, 4) is 12.3 Å². The molecule has 1 rings (SSSR count). The fraction of sp³-hybridized carbons (Fsp3) is 0.467. The Labute approximate surface area is 127 Å². The molecule has 0 N–H and O–H groups in total. The first-order valence-electron chi connectivity index (χ1n) is 5.96. The highest BCUT2D eigenvalue weighted by atomic mass is 79.9. The van der Waals surface area contributed by atoms with Crippen LogP contribution in [-0.4, -0.2) is 12.2 Å². The summed E-state index contributed by atoms with van der Waals surface area (Å²) in [5.74, 6) is 2.63. The highest BCUT2D eigenvalue weighted by Gasteiger charge is 2.14. The molecule has 0 heterocycles. The first-order chi connectivity index (χ1) is 8.44. The van der Waals surface area contributed by atoms with Gasteiger partial charge in [-0.05, 0) is 44.4 Å². The molecule has 0 saturated heterocycles. The highest BCUT2D eigenvalue weighted by molar-refractivity contribution is 9.10. The number of terminal acetylenes is 1. The van der Waals surface area contributed by atoms with Crippen LogP contribution in [0.5, 0.6) is 0 Å². The van der Waals surface area contributed by atoms with Crippen molar-refractivity contribution in [2.24, 2.45) is 0 Å². The van der Waals surface area contributed by atoms with E-state index in [-0.39, 0.29) is 0 Å². The lowest BCUT2D eigenvalue weighted by Crippen LogP contribution is -2.22. The van der Waals surface area contributed by atoms with Gasteiger partial charge in [-0.15, -0.1) is 6.42 Å². The Morgan fingerprint density at radius 1 is 1.44 bits per heavy atom. The first kappa shape index (κ1) is 15.8. The number of benzene rings is 1. The maximum Gasteiger partial charge on any atom is 0.122 e. The summed E-state index contributed by atoms with van der Waals surface area (Å²) in [6.45, 7) is 4.51. The highest BCUT2D eigenvalue weighted by Crippen LogP contribution is 2.29. The number of ether oxygens (including phenoxy) is 1. The largest absolute Gasteiger partial charge is 0.363 e. The van der Waals surface area contributed by atoms with Gasteiger partial charge >= 0.3 is 0 Å². The van der Waals surface area contributed by atoms with Gasteiger partial charge in [0.25, 0.3) is 0 Å². The van der Waals surface area contributed by atoms with E-state index in [0.29, 0.717) is 11.4 Å². The molecular formula is C15H18Br2O. The molecule has 98 valence electrons. The first-order valence-corrected chi connectivity index (χ1v) is 7.67. The van der Waals surface area contributed by atoms with Gasteiger partial charge in [0.1, 0.15) is 5.60 Å². The van der Waals surface area contributed by atoms with E-state index in [2.05, 4.69) is 49.9 Å². The minimum atomic E-state index is -0.461. The van der Waals surface area contributed by atoms with Crippen molar-refractivity contribution in [3.05, 3.63) is 34.3 Å². The average Bonchev–Trinajstić information content (AvgIpc) is 2.34. The predicted octanol–water partition coefficient (Wildman–Crippen LogP) is 5.09. The Balaban J connectivity index is 2.34. The number of hydrogen-bond acceptors (Lipinski definition) is 1. The number of rotatable bonds is 6. The summed E-state index contributed by atoms with van der Waals surface area (Å²) >= 11 is 7.18. The molecule has 1 unspecified atom stereocenters. The second-order valence-corrected chi connectivity index (χ2v) is 6.69. The molecule has 1 nitrogen and oxygen atoms in total. The van der Waals surface area contributed by atoms with Gasteiger partial charge < -0.3 is 4.74 Å². The summed E-state index contributed by atoms with van der Waals surface area (Å²) in [6.07, 6.45) is 7.37. The summed E-state index contributed by atoms with van der Waals surface area (Å²) in [4.78, 5) is 0.354. The molecule has 0 aliphatic carbocycles. The van der Waals surface area contributed by atoms with Crippen molar-refractivity contribution in [1.82, 2.24) is 0 Å². The second kappa shape index (κ2) is 7.33. The maximum atomic E-state index is 5.62. The minimum Gasteiger partial charge on any atom is -0.363 e. The van der Waals surface area contributed by atoms with Gasteiger partial charge in [-0.25, -0.2) is 0 Å². The van der Waals surface area contributed by atoms with Gasteiger partial charge in [-0.3, -0.25) is 0 Å². The molecule has 1 aromatic carbocycles. The molecule has 0 saturated carbocycles. The quantitative estimate of drug-likeness (QED) is 0.383. The van der Waals surface area contributed by atoms with Gasteiger partial charge in [0.15, 0.2) is 0 Å². The van der Waals surface area contributed by atoms with Crippen molar-refractivity contribution >= 4 is 31.9 Å². The lowest BCUT2D eigenvalue weighted by atomic mass is 10.1. The second-order valence-electron chi connectivity index (χ2n) is 4.67. The van der Waals surface area contributed by atoms with E-state index in [1.165, 1.54) is 5.56 Å². The summed E-state index contributed by atoms with van der Waals surface area (Å²) in [5, 5.41) is 0. The van der Waals surface area contributed by atoms with E-state index < -0.39 is 5.60 Å². The third-order valence-corrected chi connectivity index (χ3v) is 4.10. The Morgan fingerprint density at radius 3 is 2.78 bits per heavy atom. The molecule has 0 fully saturated rings. The van der Waals surface area contributed by atoms with Crippen LogP contribution in [0.4, 0.5) is 0 Å².